The summed E-state index contributed by atoms with van der Waals surface area (Å²) in [6.07, 6.45) is 0. The van der Waals surface area contributed by atoms with Gasteiger partial charge in [0.25, 0.3) is 0 Å². The summed E-state index contributed by atoms with van der Waals surface area (Å²) in [6, 6.07) is 9.90. The van der Waals surface area contributed by atoms with Crippen molar-refractivity contribution in [2.75, 3.05) is 0 Å². The maximum Gasteiger partial charge on any atom is 0.308 e. The maximum absolute atomic E-state index is 13.8. The van der Waals surface area contributed by atoms with Crippen LogP contribution < -0.4 is 4.74 Å². The molecule has 104 valence electrons. The molecule has 2 aromatic rings. The second kappa shape index (κ2) is 5.64. The first-order valence-electron chi connectivity index (χ1n) is 5.80. The number of ether oxygens (including phenoxy) is 1. The van der Waals surface area contributed by atoms with Crippen molar-refractivity contribution >= 4 is 5.69 Å². The van der Waals surface area contributed by atoms with Crippen molar-refractivity contribution in [1.82, 2.24) is 0 Å². The fourth-order valence-electron chi connectivity index (χ4n) is 1.76. The van der Waals surface area contributed by atoms with Crippen LogP contribution in [0.3, 0.4) is 0 Å². The van der Waals surface area contributed by atoms with Crippen LogP contribution in [0.1, 0.15) is 11.1 Å². The Morgan fingerprint density at radius 3 is 2.45 bits per heavy atom. The second-order valence-electron chi connectivity index (χ2n) is 4.20. The van der Waals surface area contributed by atoms with Crippen molar-refractivity contribution in [2.24, 2.45) is 0 Å². The van der Waals surface area contributed by atoms with Gasteiger partial charge in [-0.05, 0) is 12.5 Å². The molecule has 4 nitrogen and oxygen atoms in total. The van der Waals surface area contributed by atoms with E-state index in [0.29, 0.717) is 0 Å². The largest absolute Gasteiger partial charge is 0.485 e. The third-order valence-electron chi connectivity index (χ3n) is 2.75. The van der Waals surface area contributed by atoms with Crippen LogP contribution in [0.25, 0.3) is 0 Å². The van der Waals surface area contributed by atoms with Crippen LogP contribution in [-0.2, 0) is 6.61 Å². The van der Waals surface area contributed by atoms with Crippen molar-refractivity contribution in [3.05, 3.63) is 69.3 Å². The van der Waals surface area contributed by atoms with Gasteiger partial charge < -0.3 is 4.74 Å². The average Bonchev–Trinajstić information content (AvgIpc) is 2.43. The molecule has 0 aliphatic heterocycles. The lowest BCUT2D eigenvalue weighted by molar-refractivity contribution is -0.387. The predicted molar refractivity (Wildman–Crippen MR) is 68.5 cm³/mol. The van der Waals surface area contributed by atoms with Crippen LogP contribution in [0.5, 0.6) is 5.75 Å². The highest BCUT2D eigenvalue weighted by Gasteiger charge is 2.24. The second-order valence-corrected chi connectivity index (χ2v) is 4.20. The zero-order valence-corrected chi connectivity index (χ0v) is 10.6. The molecule has 0 fully saturated rings. The molecule has 0 heterocycles. The number of nitrogens with zero attached hydrogens (tertiary/aromatic N) is 1. The molecule has 0 aliphatic rings. The van der Waals surface area contributed by atoms with E-state index in [-0.39, 0.29) is 17.9 Å². The number of aryl methyl sites for hydroxylation is 1. The number of rotatable bonds is 4. The smallest absolute Gasteiger partial charge is 0.308 e. The van der Waals surface area contributed by atoms with Gasteiger partial charge in [0.05, 0.1) is 4.92 Å². The topological polar surface area (TPSA) is 52.4 Å². The van der Waals surface area contributed by atoms with Gasteiger partial charge in [-0.15, -0.1) is 0 Å². The van der Waals surface area contributed by atoms with Crippen molar-refractivity contribution in [3.63, 3.8) is 0 Å². The summed E-state index contributed by atoms with van der Waals surface area (Å²) < 4.78 is 32.5. The van der Waals surface area contributed by atoms with Crippen molar-refractivity contribution in [1.29, 1.82) is 0 Å². The Hall–Kier alpha value is -2.50. The van der Waals surface area contributed by atoms with E-state index in [1.54, 1.807) is 24.3 Å². The average molecular weight is 279 g/mol. The van der Waals surface area contributed by atoms with Crippen LogP contribution in [0.4, 0.5) is 14.5 Å². The van der Waals surface area contributed by atoms with E-state index in [2.05, 4.69) is 0 Å². The molecule has 0 aliphatic carbocycles. The summed E-state index contributed by atoms with van der Waals surface area (Å²) in [6.45, 7) is 1.48. The molecular formula is C14H11F2NO3. The van der Waals surface area contributed by atoms with Crippen LogP contribution in [-0.4, -0.2) is 4.92 Å². The maximum atomic E-state index is 13.8. The van der Waals surface area contributed by atoms with Gasteiger partial charge in [0.2, 0.25) is 11.6 Å². The summed E-state index contributed by atoms with van der Waals surface area (Å²) in [5.41, 5.74) is 0.0589. The zero-order chi connectivity index (χ0) is 14.7. The molecule has 20 heavy (non-hydrogen) atoms. The van der Waals surface area contributed by atoms with Gasteiger partial charge in [-0.25, -0.2) is 0 Å². The van der Waals surface area contributed by atoms with Crippen molar-refractivity contribution < 1.29 is 18.4 Å². The monoisotopic (exact) mass is 279 g/mol. The first kappa shape index (κ1) is 13.9. The van der Waals surface area contributed by atoms with Crippen LogP contribution in [0.2, 0.25) is 0 Å². The molecule has 0 radical (unpaired) electrons. The van der Waals surface area contributed by atoms with E-state index in [1.165, 1.54) is 6.92 Å². The summed E-state index contributed by atoms with van der Waals surface area (Å²) in [4.78, 5) is 9.61. The molecule has 0 bridgehead atoms. The SMILES string of the molecule is Cc1cc([N+](=O)[O-])c(F)c(F)c1OCc1ccccc1. The lowest BCUT2D eigenvalue weighted by Crippen LogP contribution is -2.04. The zero-order valence-electron chi connectivity index (χ0n) is 10.6. The fraction of sp³-hybridized carbons (Fsp3) is 0.143. The van der Waals surface area contributed by atoms with Crippen LogP contribution >= 0.6 is 0 Å². The van der Waals surface area contributed by atoms with Gasteiger partial charge in [0.15, 0.2) is 5.75 Å². The van der Waals surface area contributed by atoms with Gasteiger partial charge in [0, 0.05) is 11.6 Å². The molecule has 0 atom stereocenters. The molecule has 2 aromatic carbocycles. The Kier molecular flexibility index (Phi) is 3.93. The normalized spacial score (nSPS) is 10.3. The first-order valence-corrected chi connectivity index (χ1v) is 5.80. The number of hydrogen-bond donors (Lipinski definition) is 0. The third kappa shape index (κ3) is 2.74. The van der Waals surface area contributed by atoms with Gasteiger partial charge >= 0.3 is 5.69 Å². The Morgan fingerprint density at radius 2 is 1.85 bits per heavy atom. The quantitative estimate of drug-likeness (QED) is 0.632. The van der Waals surface area contributed by atoms with Gasteiger partial charge in [0.1, 0.15) is 6.61 Å². The minimum Gasteiger partial charge on any atom is -0.485 e. The van der Waals surface area contributed by atoms with Gasteiger partial charge in [-0.2, -0.15) is 8.78 Å². The number of nitro groups is 1. The van der Waals surface area contributed by atoms with Crippen LogP contribution in [0, 0.1) is 28.7 Å². The van der Waals surface area contributed by atoms with Crippen molar-refractivity contribution in [3.8, 4) is 5.75 Å². The Labute approximate surface area is 113 Å². The molecule has 0 amide bonds. The summed E-state index contributed by atoms with van der Waals surface area (Å²) in [5.74, 6) is -3.16. The Balaban J connectivity index is 2.29. The molecule has 0 spiro atoms. The van der Waals surface area contributed by atoms with E-state index >= 15 is 0 Å². The highest BCUT2D eigenvalue weighted by atomic mass is 19.2. The lowest BCUT2D eigenvalue weighted by atomic mass is 10.1. The lowest BCUT2D eigenvalue weighted by Gasteiger charge is -2.10. The van der Waals surface area contributed by atoms with E-state index < -0.39 is 22.2 Å². The van der Waals surface area contributed by atoms with E-state index in [9.17, 15) is 18.9 Å². The molecule has 2 rings (SSSR count). The molecule has 0 saturated heterocycles. The minimum atomic E-state index is -1.51. The molecule has 0 N–H and O–H groups in total. The molecule has 0 unspecified atom stereocenters. The van der Waals surface area contributed by atoms with Gasteiger partial charge in [-0.1, -0.05) is 30.3 Å². The highest BCUT2D eigenvalue weighted by molar-refractivity contribution is 5.45. The minimum absolute atomic E-state index is 0.0514. The molecule has 0 aromatic heterocycles. The first-order chi connectivity index (χ1) is 9.50. The Morgan fingerprint density at radius 1 is 1.20 bits per heavy atom. The summed E-state index contributed by atoms with van der Waals surface area (Å²) in [5, 5.41) is 10.6. The highest BCUT2D eigenvalue weighted by Crippen LogP contribution is 2.31. The molecule has 6 heteroatoms. The van der Waals surface area contributed by atoms with E-state index in [4.69, 9.17) is 4.74 Å². The standard InChI is InChI=1S/C14H11F2NO3/c1-9-7-11(17(18)19)12(15)13(16)14(9)20-8-10-5-3-2-4-6-10/h2-7H,8H2,1H3. The van der Waals surface area contributed by atoms with E-state index in [0.717, 1.165) is 11.6 Å². The molecular weight excluding hydrogens is 268 g/mol. The summed E-state index contributed by atoms with van der Waals surface area (Å²) >= 11 is 0. The number of benzene rings is 2. The molecule has 0 saturated carbocycles. The number of halogens is 2. The van der Waals surface area contributed by atoms with Gasteiger partial charge in [-0.3, -0.25) is 10.1 Å². The summed E-state index contributed by atoms with van der Waals surface area (Å²) in [7, 11) is 0. The number of nitro benzene ring substituents is 1. The number of hydrogen-bond acceptors (Lipinski definition) is 3. The van der Waals surface area contributed by atoms with Crippen molar-refractivity contribution in [2.45, 2.75) is 13.5 Å². The van der Waals surface area contributed by atoms with E-state index in [1.807, 2.05) is 6.07 Å². The third-order valence-corrected chi connectivity index (χ3v) is 2.75. The predicted octanol–water partition coefficient (Wildman–Crippen LogP) is 3.76. The fourth-order valence-corrected chi connectivity index (χ4v) is 1.76. The van der Waals surface area contributed by atoms with Crippen LogP contribution in [0.15, 0.2) is 36.4 Å². The Bertz CT molecular complexity index is 645.